The molecule has 2 aliphatic heterocycles. The van der Waals surface area contributed by atoms with Crippen LogP contribution >= 0.6 is 11.3 Å². The molecule has 24 heavy (non-hydrogen) atoms. The van der Waals surface area contributed by atoms with Crippen molar-refractivity contribution in [2.24, 2.45) is 0 Å². The van der Waals surface area contributed by atoms with Crippen LogP contribution in [-0.2, 0) is 9.53 Å². The summed E-state index contributed by atoms with van der Waals surface area (Å²) in [5.74, 6) is 0.285. The highest BCUT2D eigenvalue weighted by atomic mass is 32.1. The molecule has 0 radical (unpaired) electrons. The summed E-state index contributed by atoms with van der Waals surface area (Å²) in [6, 6.07) is 4.45. The largest absolute Gasteiger partial charge is 0.381 e. The van der Waals surface area contributed by atoms with E-state index in [4.69, 9.17) is 4.74 Å². The summed E-state index contributed by atoms with van der Waals surface area (Å²) in [6.45, 7) is 6.63. The standard InChI is InChI=1S/C18H26N2O3S/c1-13-3-4-17(24-13)18(22)19-9-5-15(6-10-19)20(14(2)21)16-7-11-23-12-8-16/h3-4,15-16H,5-12H2,1-2H3. The van der Waals surface area contributed by atoms with Gasteiger partial charge in [-0.15, -0.1) is 11.3 Å². The number of aryl methyl sites for hydroxylation is 1. The number of piperidine rings is 1. The normalized spacial score (nSPS) is 20.2. The van der Waals surface area contributed by atoms with Gasteiger partial charge in [-0.2, -0.15) is 0 Å². The van der Waals surface area contributed by atoms with E-state index in [1.165, 1.54) is 0 Å². The highest BCUT2D eigenvalue weighted by Gasteiger charge is 2.33. The average Bonchev–Trinajstić information content (AvgIpc) is 3.02. The summed E-state index contributed by atoms with van der Waals surface area (Å²) in [6.07, 6.45) is 3.58. The van der Waals surface area contributed by atoms with Crippen molar-refractivity contribution >= 4 is 23.2 Å². The van der Waals surface area contributed by atoms with E-state index in [0.29, 0.717) is 6.04 Å². The number of ether oxygens (including phenoxy) is 1. The predicted octanol–water partition coefficient (Wildman–Crippen LogP) is 2.69. The average molecular weight is 350 g/mol. The van der Waals surface area contributed by atoms with Crippen LogP contribution in [0.15, 0.2) is 12.1 Å². The van der Waals surface area contributed by atoms with Crippen LogP contribution in [0.4, 0.5) is 0 Å². The summed E-state index contributed by atoms with van der Waals surface area (Å²) in [4.78, 5) is 30.7. The Hall–Kier alpha value is -1.40. The van der Waals surface area contributed by atoms with E-state index in [1.54, 1.807) is 18.3 Å². The van der Waals surface area contributed by atoms with E-state index in [-0.39, 0.29) is 17.9 Å². The molecule has 0 N–H and O–H groups in total. The van der Waals surface area contributed by atoms with E-state index in [1.807, 2.05) is 24.0 Å². The van der Waals surface area contributed by atoms with Crippen LogP contribution in [0.3, 0.4) is 0 Å². The number of rotatable bonds is 3. The second-order valence-corrected chi connectivity index (χ2v) is 7.99. The van der Waals surface area contributed by atoms with Gasteiger partial charge in [0.25, 0.3) is 5.91 Å². The zero-order valence-corrected chi connectivity index (χ0v) is 15.3. The van der Waals surface area contributed by atoms with E-state index in [0.717, 1.165) is 61.7 Å². The molecule has 3 rings (SSSR count). The number of carbonyl (C=O) groups excluding carboxylic acids is 2. The molecule has 2 fully saturated rings. The molecule has 1 aromatic rings. The Bertz CT molecular complexity index is 587. The maximum Gasteiger partial charge on any atom is 0.263 e. The summed E-state index contributed by atoms with van der Waals surface area (Å²) in [7, 11) is 0. The Kier molecular flexibility index (Phi) is 5.56. The molecule has 0 spiro atoms. The van der Waals surface area contributed by atoms with E-state index in [2.05, 4.69) is 4.90 Å². The summed E-state index contributed by atoms with van der Waals surface area (Å²) in [5.41, 5.74) is 0. The maximum absolute atomic E-state index is 12.6. The number of hydrogen-bond acceptors (Lipinski definition) is 4. The zero-order valence-electron chi connectivity index (χ0n) is 14.5. The highest BCUT2D eigenvalue weighted by Crippen LogP contribution is 2.26. The molecule has 3 heterocycles. The number of likely N-dealkylation sites (tertiary alicyclic amines) is 1. The molecular formula is C18H26N2O3S. The van der Waals surface area contributed by atoms with Crippen LogP contribution in [0.1, 0.15) is 47.2 Å². The molecule has 132 valence electrons. The molecule has 0 bridgehead atoms. The number of hydrogen-bond donors (Lipinski definition) is 0. The fraction of sp³-hybridized carbons (Fsp3) is 0.667. The minimum Gasteiger partial charge on any atom is -0.381 e. The number of amides is 2. The predicted molar refractivity (Wildman–Crippen MR) is 94.3 cm³/mol. The van der Waals surface area contributed by atoms with E-state index >= 15 is 0 Å². The molecular weight excluding hydrogens is 324 g/mol. The molecule has 2 aliphatic rings. The summed E-state index contributed by atoms with van der Waals surface area (Å²) < 4.78 is 5.43. The van der Waals surface area contributed by atoms with E-state index < -0.39 is 0 Å². The molecule has 1 aromatic heterocycles. The first-order valence-electron chi connectivity index (χ1n) is 8.78. The van der Waals surface area contributed by atoms with Crippen LogP contribution in [-0.4, -0.2) is 60.0 Å². The van der Waals surface area contributed by atoms with E-state index in [9.17, 15) is 9.59 Å². The fourth-order valence-corrected chi connectivity index (χ4v) is 4.66. The Morgan fingerprint density at radius 1 is 1.12 bits per heavy atom. The first-order chi connectivity index (χ1) is 11.6. The monoisotopic (exact) mass is 350 g/mol. The quantitative estimate of drug-likeness (QED) is 0.842. The molecule has 0 saturated carbocycles. The second kappa shape index (κ2) is 7.66. The minimum absolute atomic E-state index is 0.131. The molecule has 5 nitrogen and oxygen atoms in total. The van der Waals surface area contributed by atoms with Gasteiger partial charge in [0, 0.05) is 50.2 Å². The van der Waals surface area contributed by atoms with Gasteiger partial charge in [-0.25, -0.2) is 0 Å². The van der Waals surface area contributed by atoms with Gasteiger partial charge in [-0.05, 0) is 44.7 Å². The van der Waals surface area contributed by atoms with Crippen LogP contribution in [0.5, 0.6) is 0 Å². The van der Waals surface area contributed by atoms with Gasteiger partial charge >= 0.3 is 0 Å². The summed E-state index contributed by atoms with van der Waals surface area (Å²) >= 11 is 1.55. The van der Waals surface area contributed by atoms with Crippen molar-refractivity contribution in [2.45, 2.75) is 51.6 Å². The van der Waals surface area contributed by atoms with Gasteiger partial charge in [0.2, 0.25) is 5.91 Å². The van der Waals surface area contributed by atoms with Crippen molar-refractivity contribution in [3.63, 3.8) is 0 Å². The first kappa shape index (κ1) is 17.4. The van der Waals surface area contributed by atoms with Gasteiger partial charge in [-0.1, -0.05) is 0 Å². The van der Waals surface area contributed by atoms with Crippen molar-refractivity contribution in [3.8, 4) is 0 Å². The topological polar surface area (TPSA) is 49.9 Å². The molecule has 0 atom stereocenters. The second-order valence-electron chi connectivity index (χ2n) is 6.70. The van der Waals surface area contributed by atoms with Crippen LogP contribution in [0.2, 0.25) is 0 Å². The third-order valence-corrected chi connectivity index (χ3v) is 6.03. The third-order valence-electron chi connectivity index (χ3n) is 5.04. The lowest BCUT2D eigenvalue weighted by molar-refractivity contribution is -0.137. The molecule has 0 unspecified atom stereocenters. The number of thiophene rings is 1. The smallest absolute Gasteiger partial charge is 0.263 e. The number of carbonyl (C=O) groups is 2. The van der Waals surface area contributed by atoms with Crippen LogP contribution < -0.4 is 0 Å². The van der Waals surface area contributed by atoms with Gasteiger partial charge < -0.3 is 14.5 Å². The SMILES string of the molecule is CC(=O)N(C1CCOCC1)C1CCN(C(=O)c2ccc(C)s2)CC1. The van der Waals surface area contributed by atoms with Crippen molar-refractivity contribution in [1.82, 2.24) is 9.80 Å². The zero-order chi connectivity index (χ0) is 17.1. The highest BCUT2D eigenvalue weighted by molar-refractivity contribution is 7.13. The lowest BCUT2D eigenvalue weighted by Gasteiger charge is -2.43. The van der Waals surface area contributed by atoms with Crippen molar-refractivity contribution in [1.29, 1.82) is 0 Å². The van der Waals surface area contributed by atoms with Crippen molar-refractivity contribution in [3.05, 3.63) is 21.9 Å². The lowest BCUT2D eigenvalue weighted by atomic mass is 9.97. The molecule has 2 amide bonds. The third kappa shape index (κ3) is 3.81. The van der Waals surface area contributed by atoms with Crippen LogP contribution in [0, 0.1) is 6.92 Å². The Morgan fingerprint density at radius 3 is 2.29 bits per heavy atom. The number of nitrogens with zero attached hydrogens (tertiary/aromatic N) is 2. The molecule has 0 aromatic carbocycles. The van der Waals surface area contributed by atoms with Gasteiger partial charge in [-0.3, -0.25) is 9.59 Å². The van der Waals surface area contributed by atoms with Crippen molar-refractivity contribution < 1.29 is 14.3 Å². The van der Waals surface area contributed by atoms with Crippen molar-refractivity contribution in [2.75, 3.05) is 26.3 Å². The Morgan fingerprint density at radius 2 is 1.75 bits per heavy atom. The van der Waals surface area contributed by atoms with Gasteiger partial charge in [0.05, 0.1) is 4.88 Å². The Balaban J connectivity index is 1.60. The maximum atomic E-state index is 12.6. The lowest BCUT2D eigenvalue weighted by Crippen LogP contribution is -2.53. The molecule has 2 saturated heterocycles. The minimum atomic E-state index is 0.131. The first-order valence-corrected chi connectivity index (χ1v) is 9.60. The van der Waals surface area contributed by atoms with Crippen LogP contribution in [0.25, 0.3) is 0 Å². The van der Waals surface area contributed by atoms with Gasteiger partial charge in [0.1, 0.15) is 0 Å². The van der Waals surface area contributed by atoms with Gasteiger partial charge in [0.15, 0.2) is 0 Å². The fourth-order valence-electron chi connectivity index (χ4n) is 3.83. The molecule has 0 aliphatic carbocycles. The molecule has 6 heteroatoms. The summed E-state index contributed by atoms with van der Waals surface area (Å²) in [5, 5.41) is 0. The Labute approximate surface area is 147 Å².